The van der Waals surface area contributed by atoms with Gasteiger partial charge in [0, 0.05) is 13.1 Å². The topological polar surface area (TPSA) is 119 Å². The van der Waals surface area contributed by atoms with E-state index in [1.165, 1.54) is 77.0 Å². The van der Waals surface area contributed by atoms with Gasteiger partial charge in [-0.1, -0.05) is 121 Å². The van der Waals surface area contributed by atoms with E-state index in [-0.39, 0.29) is 25.9 Å². The van der Waals surface area contributed by atoms with Crippen LogP contribution < -0.4 is 4.89 Å². The van der Waals surface area contributed by atoms with Gasteiger partial charge >= 0.3 is 6.09 Å². The van der Waals surface area contributed by atoms with Crippen molar-refractivity contribution in [3.63, 3.8) is 0 Å². The third-order valence-corrected chi connectivity index (χ3v) is 7.14. The number of aliphatic hydroxyl groups is 1. The van der Waals surface area contributed by atoms with Crippen molar-refractivity contribution < 1.29 is 38.0 Å². The van der Waals surface area contributed by atoms with Crippen LogP contribution in [-0.4, -0.2) is 79.5 Å². The molecule has 0 aromatic heterocycles. The number of hydrogen-bond acceptors (Lipinski definition) is 6. The summed E-state index contributed by atoms with van der Waals surface area (Å²) >= 11 is 0. The Labute approximate surface area is 250 Å². The summed E-state index contributed by atoms with van der Waals surface area (Å²) in [6.07, 6.45) is 18.1. The van der Waals surface area contributed by atoms with Crippen LogP contribution in [0.5, 0.6) is 0 Å². The fourth-order valence-electron chi connectivity index (χ4n) is 4.15. The maximum Gasteiger partial charge on any atom is 0.410 e. The van der Waals surface area contributed by atoms with Crippen LogP contribution in [0.15, 0.2) is 30.3 Å². The smallest absolute Gasteiger partial charge is 0.410 e. The summed E-state index contributed by atoms with van der Waals surface area (Å²) in [5, 5.41) is 9.24. The van der Waals surface area contributed by atoms with Crippen molar-refractivity contribution in [3.8, 4) is 0 Å². The SMILES string of the molecule is CCCCCCCCCCCCCCCCN(CCO)C(=O)OCc1ccccc1.C[N+](C)(C)CCOP(=O)([O-])O. The first-order chi connectivity index (χ1) is 19.5. The monoisotopic (exact) mass is 602 g/mol. The lowest BCUT2D eigenvalue weighted by Crippen LogP contribution is -2.37. The fourth-order valence-corrected chi connectivity index (χ4v) is 4.47. The van der Waals surface area contributed by atoms with Crippen molar-refractivity contribution in [1.29, 1.82) is 0 Å². The highest BCUT2D eigenvalue weighted by atomic mass is 31.2. The number of phosphoric ester groups is 1. The third kappa shape index (κ3) is 28.4. The summed E-state index contributed by atoms with van der Waals surface area (Å²) in [5.41, 5.74) is 0.978. The second-order valence-corrected chi connectivity index (χ2v) is 12.9. The van der Waals surface area contributed by atoms with E-state index < -0.39 is 7.82 Å². The molecule has 1 amide bonds. The summed E-state index contributed by atoms with van der Waals surface area (Å²) in [5.74, 6) is 0. The Bertz CT molecular complexity index is 784. The molecule has 0 fully saturated rings. The van der Waals surface area contributed by atoms with Crippen molar-refractivity contribution in [2.45, 2.75) is 103 Å². The van der Waals surface area contributed by atoms with Crippen molar-refractivity contribution in [2.24, 2.45) is 0 Å². The lowest BCUT2D eigenvalue weighted by molar-refractivity contribution is -0.870. The molecule has 1 unspecified atom stereocenters. The minimum Gasteiger partial charge on any atom is -0.756 e. The predicted octanol–water partition coefficient (Wildman–Crippen LogP) is 6.27. The summed E-state index contributed by atoms with van der Waals surface area (Å²) in [7, 11) is 1.19. The van der Waals surface area contributed by atoms with Gasteiger partial charge in [0.05, 0.1) is 27.7 Å². The number of nitrogens with zero attached hydrogens (tertiary/aromatic N) is 2. The zero-order chi connectivity index (χ0) is 30.8. The van der Waals surface area contributed by atoms with Crippen LogP contribution in [0.3, 0.4) is 0 Å². The number of hydrogen-bond donors (Lipinski definition) is 2. The van der Waals surface area contributed by atoms with Crippen LogP contribution in [0.1, 0.15) is 102 Å². The molecule has 0 aliphatic rings. The molecule has 0 saturated carbocycles. The molecule has 9 nitrogen and oxygen atoms in total. The van der Waals surface area contributed by atoms with Crippen molar-refractivity contribution >= 4 is 13.9 Å². The Morgan fingerprint density at radius 3 is 1.78 bits per heavy atom. The highest BCUT2D eigenvalue weighted by molar-refractivity contribution is 7.44. The third-order valence-electron chi connectivity index (χ3n) is 6.63. The summed E-state index contributed by atoms with van der Waals surface area (Å²) in [6, 6.07) is 9.69. The quantitative estimate of drug-likeness (QED) is 0.0861. The Morgan fingerprint density at radius 1 is 0.854 bits per heavy atom. The number of rotatable bonds is 23. The van der Waals surface area contributed by atoms with Crippen LogP contribution in [0.25, 0.3) is 0 Å². The number of likely N-dealkylation sites (N-methyl/N-ethyl adjacent to an activating group) is 1. The van der Waals surface area contributed by atoms with E-state index in [1.54, 1.807) is 4.90 Å². The average molecular weight is 603 g/mol. The van der Waals surface area contributed by atoms with Crippen molar-refractivity contribution in [2.75, 3.05) is 54.0 Å². The molecule has 0 spiro atoms. The molecular formula is C31H59N2O7P. The molecule has 0 aliphatic heterocycles. The number of carbonyl (C=O) groups is 1. The Kier molecular flexibility index (Phi) is 24.2. The van der Waals surface area contributed by atoms with Gasteiger partial charge in [0.25, 0.3) is 7.82 Å². The molecule has 0 saturated heterocycles. The van der Waals surface area contributed by atoms with Gasteiger partial charge in [-0.25, -0.2) is 4.79 Å². The highest BCUT2D eigenvalue weighted by Gasteiger charge is 2.14. The first-order valence-corrected chi connectivity index (χ1v) is 17.0. The van der Waals surface area contributed by atoms with Gasteiger partial charge in [-0.05, 0) is 12.0 Å². The summed E-state index contributed by atoms with van der Waals surface area (Å²) in [6.45, 7) is 4.07. The predicted molar refractivity (Wildman–Crippen MR) is 164 cm³/mol. The molecule has 0 radical (unpaired) electrons. The molecule has 0 bridgehead atoms. The van der Waals surface area contributed by atoms with Gasteiger partial charge in [-0.15, -0.1) is 0 Å². The molecule has 240 valence electrons. The fraction of sp³-hybridized carbons (Fsp3) is 0.774. The van der Waals surface area contributed by atoms with Gasteiger partial charge in [0.2, 0.25) is 0 Å². The molecule has 1 rings (SSSR count). The number of phosphoric acid groups is 1. The number of ether oxygens (including phenoxy) is 1. The Balaban J connectivity index is 0.00000122. The van der Waals surface area contributed by atoms with E-state index in [1.807, 2.05) is 51.5 Å². The second-order valence-electron chi connectivity index (χ2n) is 11.7. The van der Waals surface area contributed by atoms with Crippen LogP contribution in [-0.2, 0) is 20.4 Å². The maximum absolute atomic E-state index is 12.3. The molecule has 0 aliphatic carbocycles. The van der Waals surface area contributed by atoms with Crippen LogP contribution >= 0.6 is 7.82 Å². The molecule has 10 heteroatoms. The number of amides is 1. The number of carbonyl (C=O) groups excluding carboxylic acids is 1. The highest BCUT2D eigenvalue weighted by Crippen LogP contribution is 2.29. The van der Waals surface area contributed by atoms with Gasteiger partial charge in [-0.2, -0.15) is 0 Å². The minimum atomic E-state index is -4.51. The van der Waals surface area contributed by atoms with Crippen molar-refractivity contribution in [1.82, 2.24) is 4.90 Å². The molecule has 2 N–H and O–H groups in total. The number of aliphatic hydroxyl groups excluding tert-OH is 1. The van der Waals surface area contributed by atoms with Gasteiger partial charge < -0.3 is 33.5 Å². The lowest BCUT2D eigenvalue weighted by Gasteiger charge is -2.25. The standard InChI is InChI=1S/C26H45NO3.C5H14NO4P/c1-2-3-4-5-6-7-8-9-10-11-12-13-14-18-21-27(22-23-28)26(29)30-24-25-19-16-15-17-20-25;1-6(2,3)4-5-10-11(7,8)9/h15-17,19-20,28H,2-14,18,21-24H2,1H3;4-5H2,1-3H3,(H-,7,8,9). The molecule has 41 heavy (non-hydrogen) atoms. The number of quaternary nitrogens is 1. The second kappa shape index (κ2) is 25.1. The molecule has 1 aromatic carbocycles. The summed E-state index contributed by atoms with van der Waals surface area (Å²) in [4.78, 5) is 32.1. The van der Waals surface area contributed by atoms with E-state index in [9.17, 15) is 19.4 Å². The van der Waals surface area contributed by atoms with E-state index in [4.69, 9.17) is 9.63 Å². The Hall–Kier alpha value is -1.48. The molecular weight excluding hydrogens is 543 g/mol. The normalized spacial score (nSPS) is 12.8. The average Bonchev–Trinajstić information content (AvgIpc) is 2.90. The van der Waals surface area contributed by atoms with Crippen LogP contribution in [0, 0.1) is 0 Å². The maximum atomic E-state index is 12.3. The number of unbranched alkanes of at least 4 members (excludes halogenated alkanes) is 13. The first-order valence-electron chi connectivity index (χ1n) is 15.5. The van der Waals surface area contributed by atoms with E-state index in [0.29, 0.717) is 24.1 Å². The molecule has 1 aromatic rings. The lowest BCUT2D eigenvalue weighted by atomic mass is 10.0. The van der Waals surface area contributed by atoms with E-state index in [2.05, 4.69) is 11.4 Å². The van der Waals surface area contributed by atoms with Crippen molar-refractivity contribution in [3.05, 3.63) is 35.9 Å². The first kappa shape index (κ1) is 39.5. The van der Waals surface area contributed by atoms with Crippen LogP contribution in [0.2, 0.25) is 0 Å². The zero-order valence-corrected chi connectivity index (χ0v) is 27.2. The van der Waals surface area contributed by atoms with Crippen LogP contribution in [0.4, 0.5) is 4.79 Å². The van der Waals surface area contributed by atoms with Gasteiger partial charge in [0.1, 0.15) is 19.8 Å². The van der Waals surface area contributed by atoms with Gasteiger partial charge in [-0.3, -0.25) is 4.57 Å². The van der Waals surface area contributed by atoms with Gasteiger partial charge in [0.15, 0.2) is 0 Å². The molecule has 1 atom stereocenters. The Morgan fingerprint density at radius 2 is 1.34 bits per heavy atom. The number of benzene rings is 1. The largest absolute Gasteiger partial charge is 0.756 e. The zero-order valence-electron chi connectivity index (χ0n) is 26.3. The molecule has 0 heterocycles. The van der Waals surface area contributed by atoms with E-state index >= 15 is 0 Å². The summed E-state index contributed by atoms with van der Waals surface area (Å²) < 4.78 is 20.2. The van der Waals surface area contributed by atoms with E-state index in [0.717, 1.165) is 18.4 Å². The minimum absolute atomic E-state index is 0.0147.